The second-order valence-corrected chi connectivity index (χ2v) is 6.56. The Balaban J connectivity index is 2.01. The largest absolute Gasteiger partial charge is 0.346 e. The van der Waals surface area contributed by atoms with Crippen molar-refractivity contribution in [3.05, 3.63) is 76.2 Å². The normalized spacial score (nSPS) is 11.0. The van der Waals surface area contributed by atoms with Crippen LogP contribution in [0.15, 0.2) is 59.5 Å². The van der Waals surface area contributed by atoms with Gasteiger partial charge in [-0.1, -0.05) is 30.3 Å². The van der Waals surface area contributed by atoms with E-state index in [1.807, 2.05) is 50.5 Å². The number of benzene rings is 1. The Morgan fingerprint density at radius 2 is 1.92 bits per heavy atom. The quantitative estimate of drug-likeness (QED) is 0.672. The van der Waals surface area contributed by atoms with Gasteiger partial charge in [0.2, 0.25) is 0 Å². The van der Waals surface area contributed by atoms with Crippen molar-refractivity contribution in [1.82, 2.24) is 14.9 Å². The average Bonchev–Trinajstić information content (AvgIpc) is 2.64. The molecule has 0 saturated heterocycles. The van der Waals surface area contributed by atoms with Gasteiger partial charge in [0.1, 0.15) is 11.2 Å². The van der Waals surface area contributed by atoms with E-state index in [1.165, 1.54) is 4.90 Å². The molecule has 134 valence electrons. The van der Waals surface area contributed by atoms with Crippen LogP contribution in [-0.2, 0) is 6.54 Å². The minimum absolute atomic E-state index is 0.148. The number of aromatic nitrogens is 2. The zero-order valence-electron chi connectivity index (χ0n) is 15.0. The molecular weight excluding hydrogens is 328 g/mol. The van der Waals surface area contributed by atoms with Gasteiger partial charge < -0.3 is 10.2 Å². The lowest BCUT2D eigenvalue weighted by Gasteiger charge is -2.13. The molecule has 0 spiro atoms. The number of amides is 1. The highest BCUT2D eigenvalue weighted by atomic mass is 16.2. The molecule has 0 unspecified atom stereocenters. The lowest BCUT2D eigenvalue weighted by molar-refractivity contribution is -0.856. The summed E-state index contributed by atoms with van der Waals surface area (Å²) in [6.07, 6.45) is 1.66. The first kappa shape index (κ1) is 17.8. The van der Waals surface area contributed by atoms with Crippen molar-refractivity contribution in [2.45, 2.75) is 6.54 Å². The van der Waals surface area contributed by atoms with Crippen LogP contribution in [0.25, 0.3) is 11.0 Å². The van der Waals surface area contributed by atoms with E-state index in [0.717, 1.165) is 17.5 Å². The number of fused-ring (bicyclic) bond motifs is 1. The van der Waals surface area contributed by atoms with E-state index in [9.17, 15) is 9.59 Å². The molecule has 0 aliphatic heterocycles. The van der Waals surface area contributed by atoms with Crippen LogP contribution >= 0.6 is 0 Å². The predicted molar refractivity (Wildman–Crippen MR) is 102 cm³/mol. The van der Waals surface area contributed by atoms with E-state index in [1.54, 1.807) is 22.9 Å². The SMILES string of the molecule is C[NH+](C)CCNC(=O)c1cc2cccnc2n(Cc2ccccc2)c1=O. The first-order valence-corrected chi connectivity index (χ1v) is 8.66. The van der Waals surface area contributed by atoms with Gasteiger partial charge in [-0.2, -0.15) is 0 Å². The summed E-state index contributed by atoms with van der Waals surface area (Å²) < 4.78 is 1.57. The number of hydrogen-bond donors (Lipinski definition) is 2. The molecule has 6 nitrogen and oxygen atoms in total. The molecular formula is C20H23N4O2+. The van der Waals surface area contributed by atoms with Crippen LogP contribution < -0.4 is 15.8 Å². The maximum absolute atomic E-state index is 13.0. The molecule has 2 aromatic heterocycles. The molecule has 2 heterocycles. The summed E-state index contributed by atoms with van der Waals surface area (Å²) in [4.78, 5) is 31.1. The number of carbonyl (C=O) groups is 1. The minimum Gasteiger partial charge on any atom is -0.346 e. The first-order valence-electron chi connectivity index (χ1n) is 8.66. The van der Waals surface area contributed by atoms with Gasteiger partial charge in [-0.15, -0.1) is 0 Å². The maximum atomic E-state index is 13.0. The van der Waals surface area contributed by atoms with E-state index in [2.05, 4.69) is 10.3 Å². The number of quaternary nitrogens is 1. The molecule has 1 amide bonds. The third-order valence-electron chi connectivity index (χ3n) is 4.19. The van der Waals surface area contributed by atoms with Crippen molar-refractivity contribution in [3.63, 3.8) is 0 Å². The Bertz CT molecular complexity index is 964. The van der Waals surface area contributed by atoms with Crippen LogP contribution in [0.4, 0.5) is 0 Å². The molecule has 3 rings (SSSR count). The Labute approximate surface area is 152 Å². The van der Waals surface area contributed by atoms with Crippen molar-refractivity contribution < 1.29 is 9.69 Å². The number of pyridine rings is 2. The van der Waals surface area contributed by atoms with E-state index < -0.39 is 0 Å². The third-order valence-corrected chi connectivity index (χ3v) is 4.19. The monoisotopic (exact) mass is 351 g/mol. The molecule has 3 aromatic rings. The fourth-order valence-corrected chi connectivity index (χ4v) is 2.80. The van der Waals surface area contributed by atoms with Crippen LogP contribution in [-0.4, -0.2) is 42.6 Å². The van der Waals surface area contributed by atoms with Crippen molar-refractivity contribution >= 4 is 16.9 Å². The Kier molecular flexibility index (Phi) is 5.43. The van der Waals surface area contributed by atoms with Gasteiger partial charge >= 0.3 is 0 Å². The molecule has 0 atom stereocenters. The van der Waals surface area contributed by atoms with E-state index in [4.69, 9.17) is 0 Å². The summed E-state index contributed by atoms with van der Waals surface area (Å²) >= 11 is 0. The number of rotatable bonds is 6. The predicted octanol–water partition coefficient (Wildman–Crippen LogP) is 0.319. The topological polar surface area (TPSA) is 68.4 Å². The fourth-order valence-electron chi connectivity index (χ4n) is 2.80. The van der Waals surface area contributed by atoms with Crippen LogP contribution in [0.5, 0.6) is 0 Å². The summed E-state index contributed by atoms with van der Waals surface area (Å²) in [6, 6.07) is 15.0. The van der Waals surface area contributed by atoms with Gasteiger partial charge in [-0.05, 0) is 23.8 Å². The Morgan fingerprint density at radius 1 is 1.15 bits per heavy atom. The van der Waals surface area contributed by atoms with Crippen LogP contribution in [0.2, 0.25) is 0 Å². The van der Waals surface area contributed by atoms with Crippen LogP contribution in [0, 0.1) is 0 Å². The molecule has 26 heavy (non-hydrogen) atoms. The summed E-state index contributed by atoms with van der Waals surface area (Å²) in [6.45, 7) is 1.68. The standard InChI is InChI=1S/C20H22N4O2/c1-23(2)12-11-22-19(25)17-13-16-9-6-10-21-18(16)24(20(17)26)14-15-7-4-3-5-8-15/h3-10,13H,11-12,14H2,1-2H3,(H,22,25)/p+1. The van der Waals surface area contributed by atoms with E-state index in [0.29, 0.717) is 18.7 Å². The molecule has 2 N–H and O–H groups in total. The smallest absolute Gasteiger partial charge is 0.265 e. The molecule has 0 aliphatic rings. The van der Waals surface area contributed by atoms with Gasteiger partial charge in [0.05, 0.1) is 33.7 Å². The summed E-state index contributed by atoms with van der Waals surface area (Å²) in [5.41, 5.74) is 1.39. The lowest BCUT2D eigenvalue weighted by Crippen LogP contribution is -3.06. The second-order valence-electron chi connectivity index (χ2n) is 6.56. The highest BCUT2D eigenvalue weighted by Gasteiger charge is 2.16. The summed E-state index contributed by atoms with van der Waals surface area (Å²) in [7, 11) is 4.03. The number of carbonyl (C=O) groups excluding carboxylic acids is 1. The highest BCUT2D eigenvalue weighted by molar-refractivity contribution is 5.96. The molecule has 0 aliphatic carbocycles. The van der Waals surface area contributed by atoms with Crippen LogP contribution in [0.3, 0.4) is 0 Å². The Hall–Kier alpha value is -2.99. The molecule has 6 heteroatoms. The summed E-state index contributed by atoms with van der Waals surface area (Å²) in [5, 5.41) is 3.60. The zero-order valence-corrected chi connectivity index (χ0v) is 15.0. The van der Waals surface area contributed by atoms with Crippen molar-refractivity contribution in [3.8, 4) is 0 Å². The van der Waals surface area contributed by atoms with Crippen LogP contribution in [0.1, 0.15) is 15.9 Å². The van der Waals surface area contributed by atoms with Gasteiger partial charge in [0, 0.05) is 11.6 Å². The Morgan fingerprint density at radius 3 is 2.65 bits per heavy atom. The number of hydrogen-bond acceptors (Lipinski definition) is 3. The second kappa shape index (κ2) is 7.93. The van der Waals surface area contributed by atoms with Crippen molar-refractivity contribution in [1.29, 1.82) is 0 Å². The highest BCUT2D eigenvalue weighted by Crippen LogP contribution is 2.13. The van der Waals surface area contributed by atoms with Gasteiger partial charge in [0.15, 0.2) is 0 Å². The number of likely N-dealkylation sites (N-methyl/N-ethyl adjacent to an activating group) is 1. The van der Waals surface area contributed by atoms with Gasteiger partial charge in [-0.3, -0.25) is 14.2 Å². The minimum atomic E-state index is -0.344. The first-order chi connectivity index (χ1) is 12.6. The van der Waals surface area contributed by atoms with E-state index in [-0.39, 0.29) is 17.0 Å². The lowest BCUT2D eigenvalue weighted by atomic mass is 10.1. The molecule has 0 fully saturated rings. The van der Waals surface area contributed by atoms with Gasteiger partial charge in [-0.25, -0.2) is 4.98 Å². The number of nitrogens with zero attached hydrogens (tertiary/aromatic N) is 2. The van der Waals surface area contributed by atoms with Gasteiger partial charge in [0.25, 0.3) is 11.5 Å². The van der Waals surface area contributed by atoms with Crippen molar-refractivity contribution in [2.24, 2.45) is 0 Å². The summed E-state index contributed by atoms with van der Waals surface area (Å²) in [5.74, 6) is -0.344. The third kappa shape index (κ3) is 3.97. The average molecular weight is 351 g/mol. The zero-order chi connectivity index (χ0) is 18.5. The molecule has 0 saturated carbocycles. The number of nitrogens with one attached hydrogen (secondary N) is 2. The maximum Gasteiger partial charge on any atom is 0.265 e. The van der Waals surface area contributed by atoms with Crippen molar-refractivity contribution in [2.75, 3.05) is 27.2 Å². The molecule has 0 bridgehead atoms. The fraction of sp³-hybridized carbons (Fsp3) is 0.250. The molecule has 1 aromatic carbocycles. The molecule has 0 radical (unpaired) electrons. The van der Waals surface area contributed by atoms with E-state index >= 15 is 0 Å².